The third-order valence-electron chi connectivity index (χ3n) is 5.38. The second-order valence-corrected chi connectivity index (χ2v) is 8.76. The van der Waals surface area contributed by atoms with Gasteiger partial charge in [-0.2, -0.15) is 24.5 Å². The fraction of sp³-hybridized carbons (Fsp3) is 0.250. The topological polar surface area (TPSA) is 70.2 Å². The Bertz CT molecular complexity index is 1160. The van der Waals surface area contributed by atoms with Crippen molar-refractivity contribution in [1.82, 2.24) is 5.32 Å². The molecule has 3 amide bonds. The van der Waals surface area contributed by atoms with E-state index in [0.29, 0.717) is 5.69 Å². The smallest absolute Gasteiger partial charge is 0.349 e. The molecule has 1 aliphatic rings. The van der Waals surface area contributed by atoms with Crippen LogP contribution in [0.1, 0.15) is 36.9 Å². The Morgan fingerprint density at radius 2 is 1.85 bits per heavy atom. The van der Waals surface area contributed by atoms with E-state index in [1.807, 2.05) is 35.9 Å². The van der Waals surface area contributed by atoms with Crippen molar-refractivity contribution in [2.24, 2.45) is 5.92 Å². The number of benzene rings is 2. The minimum Gasteiger partial charge on any atom is -0.349 e. The normalized spacial score (nSPS) is 14.4. The van der Waals surface area contributed by atoms with Crippen molar-refractivity contribution < 1.29 is 22.8 Å². The molecule has 1 unspecified atom stereocenters. The quantitative estimate of drug-likeness (QED) is 0.374. The summed E-state index contributed by atoms with van der Waals surface area (Å²) in [6, 6.07) is 11.0. The molecular formula is C24H22F3N3O2S. The maximum atomic E-state index is 13.0. The molecule has 9 heteroatoms. The molecular weight excluding hydrogens is 451 g/mol. The van der Waals surface area contributed by atoms with E-state index >= 15 is 0 Å². The molecule has 0 saturated heterocycles. The number of urea groups is 1. The summed E-state index contributed by atoms with van der Waals surface area (Å²) >= 11 is 1.51. The molecule has 0 bridgehead atoms. The van der Waals surface area contributed by atoms with Crippen molar-refractivity contribution in [3.63, 3.8) is 0 Å². The first-order chi connectivity index (χ1) is 15.7. The van der Waals surface area contributed by atoms with Crippen LogP contribution in [0.25, 0.3) is 11.1 Å². The standard InChI is InChI=1S/C24H22F3N3O2S/c1-14(28-22(31)15-5-6-15)16-7-8-20(17-9-10-33-13-17)21(11-16)30-23(32)29-19-4-2-3-18(12-19)24(25,26)27/h2-4,7-15H,5-6H2,1H3,(H,28,31)(H2,29,30,32). The number of alkyl halides is 3. The fourth-order valence-electron chi connectivity index (χ4n) is 3.42. The molecule has 0 spiro atoms. The number of thiophene rings is 1. The van der Waals surface area contributed by atoms with Crippen LogP contribution in [0, 0.1) is 5.92 Å². The molecule has 3 aromatic rings. The van der Waals surface area contributed by atoms with E-state index in [2.05, 4.69) is 16.0 Å². The van der Waals surface area contributed by atoms with Crippen LogP contribution in [0.5, 0.6) is 0 Å². The second kappa shape index (κ2) is 9.27. The predicted molar refractivity (Wildman–Crippen MR) is 123 cm³/mol. The summed E-state index contributed by atoms with van der Waals surface area (Å²) in [6.45, 7) is 1.87. The Labute approximate surface area is 193 Å². The van der Waals surface area contributed by atoms with Gasteiger partial charge in [-0.15, -0.1) is 0 Å². The molecule has 2 aromatic carbocycles. The van der Waals surface area contributed by atoms with E-state index in [1.165, 1.54) is 23.5 Å². The van der Waals surface area contributed by atoms with Gasteiger partial charge in [0.2, 0.25) is 5.91 Å². The van der Waals surface area contributed by atoms with Crippen LogP contribution in [0.2, 0.25) is 0 Å². The number of hydrogen-bond acceptors (Lipinski definition) is 3. The van der Waals surface area contributed by atoms with Crippen LogP contribution in [0.3, 0.4) is 0 Å². The lowest BCUT2D eigenvalue weighted by atomic mass is 10.0. The van der Waals surface area contributed by atoms with Gasteiger partial charge in [0.1, 0.15) is 0 Å². The zero-order valence-corrected chi connectivity index (χ0v) is 18.5. The van der Waals surface area contributed by atoms with E-state index in [1.54, 1.807) is 6.07 Å². The summed E-state index contributed by atoms with van der Waals surface area (Å²) in [4.78, 5) is 24.8. The molecule has 172 valence electrons. The Morgan fingerprint density at radius 1 is 1.06 bits per heavy atom. The van der Waals surface area contributed by atoms with Gasteiger partial charge in [-0.1, -0.05) is 18.2 Å². The van der Waals surface area contributed by atoms with E-state index in [-0.39, 0.29) is 23.6 Å². The average molecular weight is 474 g/mol. The van der Waals surface area contributed by atoms with Crippen molar-refractivity contribution in [1.29, 1.82) is 0 Å². The van der Waals surface area contributed by atoms with E-state index < -0.39 is 17.8 Å². The Balaban J connectivity index is 1.55. The third kappa shape index (κ3) is 5.73. The Morgan fingerprint density at radius 3 is 2.52 bits per heavy atom. The number of nitrogens with one attached hydrogen (secondary N) is 3. The lowest BCUT2D eigenvalue weighted by molar-refractivity contribution is -0.137. The zero-order valence-electron chi connectivity index (χ0n) is 17.7. The highest BCUT2D eigenvalue weighted by atomic mass is 32.1. The molecule has 3 N–H and O–H groups in total. The average Bonchev–Trinajstić information content (AvgIpc) is 3.48. The number of rotatable bonds is 6. The SMILES string of the molecule is CC(NC(=O)C1CC1)c1ccc(-c2ccsc2)c(NC(=O)Nc2cccc(C(F)(F)F)c2)c1. The van der Waals surface area contributed by atoms with Gasteiger partial charge >= 0.3 is 12.2 Å². The van der Waals surface area contributed by atoms with Crippen LogP contribution in [-0.2, 0) is 11.0 Å². The van der Waals surface area contributed by atoms with Crippen molar-refractivity contribution in [2.75, 3.05) is 10.6 Å². The van der Waals surface area contributed by atoms with E-state index in [4.69, 9.17) is 0 Å². The van der Waals surface area contributed by atoms with Crippen molar-refractivity contribution in [2.45, 2.75) is 32.0 Å². The molecule has 5 nitrogen and oxygen atoms in total. The largest absolute Gasteiger partial charge is 0.416 e. The Hall–Kier alpha value is -3.33. The summed E-state index contributed by atoms with van der Waals surface area (Å²) in [6.07, 6.45) is -2.70. The maximum Gasteiger partial charge on any atom is 0.416 e. The predicted octanol–water partition coefficient (Wildman–Crippen LogP) is 6.67. The molecule has 1 aliphatic carbocycles. The summed E-state index contributed by atoms with van der Waals surface area (Å²) in [5.41, 5.74) is 2.14. The number of anilines is 2. The van der Waals surface area contributed by atoms with Gasteiger partial charge in [-0.05, 0) is 72.0 Å². The monoisotopic (exact) mass is 473 g/mol. The van der Waals surface area contributed by atoms with E-state index in [9.17, 15) is 22.8 Å². The van der Waals surface area contributed by atoms with Gasteiger partial charge in [0.15, 0.2) is 0 Å². The van der Waals surface area contributed by atoms with Crippen molar-refractivity contribution >= 4 is 34.6 Å². The van der Waals surface area contributed by atoms with Crippen LogP contribution in [-0.4, -0.2) is 11.9 Å². The summed E-state index contributed by atoms with van der Waals surface area (Å²) in [7, 11) is 0. The lowest BCUT2D eigenvalue weighted by Gasteiger charge is -2.18. The third-order valence-corrected chi connectivity index (χ3v) is 6.06. The number of hydrogen-bond donors (Lipinski definition) is 3. The molecule has 0 radical (unpaired) electrons. The fourth-order valence-corrected chi connectivity index (χ4v) is 4.08. The van der Waals surface area contributed by atoms with Gasteiger partial charge < -0.3 is 16.0 Å². The minimum absolute atomic E-state index is 0.0150. The van der Waals surface area contributed by atoms with Crippen LogP contribution < -0.4 is 16.0 Å². The zero-order chi connectivity index (χ0) is 23.6. The number of carbonyl (C=O) groups excluding carboxylic acids is 2. The second-order valence-electron chi connectivity index (χ2n) is 7.98. The maximum absolute atomic E-state index is 13.0. The molecule has 1 atom stereocenters. The highest BCUT2D eigenvalue weighted by Crippen LogP contribution is 2.34. The number of carbonyl (C=O) groups is 2. The van der Waals surface area contributed by atoms with Crippen LogP contribution >= 0.6 is 11.3 Å². The van der Waals surface area contributed by atoms with E-state index in [0.717, 1.165) is 41.7 Å². The van der Waals surface area contributed by atoms with Crippen LogP contribution in [0.4, 0.5) is 29.3 Å². The molecule has 1 heterocycles. The highest BCUT2D eigenvalue weighted by molar-refractivity contribution is 7.08. The first kappa shape index (κ1) is 22.8. The summed E-state index contributed by atoms with van der Waals surface area (Å²) in [5, 5.41) is 12.0. The molecule has 0 aliphatic heterocycles. The number of amides is 3. The molecule has 1 saturated carbocycles. The Kier molecular flexibility index (Phi) is 6.42. The van der Waals surface area contributed by atoms with Gasteiger partial charge in [-0.3, -0.25) is 4.79 Å². The summed E-state index contributed by atoms with van der Waals surface area (Å²) in [5.74, 6) is 0.0922. The molecule has 33 heavy (non-hydrogen) atoms. The number of halogens is 3. The molecule has 1 aromatic heterocycles. The first-order valence-electron chi connectivity index (χ1n) is 10.4. The summed E-state index contributed by atoms with van der Waals surface area (Å²) < 4.78 is 38.9. The highest BCUT2D eigenvalue weighted by Gasteiger charge is 2.31. The first-order valence-corrected chi connectivity index (χ1v) is 11.4. The van der Waals surface area contributed by atoms with Crippen molar-refractivity contribution in [3.8, 4) is 11.1 Å². The lowest BCUT2D eigenvalue weighted by Crippen LogP contribution is -2.28. The molecule has 4 rings (SSSR count). The van der Waals surface area contributed by atoms with Crippen molar-refractivity contribution in [3.05, 3.63) is 70.4 Å². The van der Waals surface area contributed by atoms with Gasteiger partial charge in [0, 0.05) is 17.2 Å². The van der Waals surface area contributed by atoms with Gasteiger partial charge in [0.25, 0.3) is 0 Å². The van der Waals surface area contributed by atoms with Gasteiger partial charge in [-0.25, -0.2) is 4.79 Å². The van der Waals surface area contributed by atoms with Gasteiger partial charge in [0.05, 0.1) is 17.3 Å². The van der Waals surface area contributed by atoms with Crippen LogP contribution in [0.15, 0.2) is 59.3 Å². The minimum atomic E-state index is -4.50. The molecule has 1 fully saturated rings.